The van der Waals surface area contributed by atoms with Gasteiger partial charge < -0.3 is 4.74 Å². The summed E-state index contributed by atoms with van der Waals surface area (Å²) in [7, 11) is 0. The molecule has 1 aromatic carbocycles. The summed E-state index contributed by atoms with van der Waals surface area (Å²) in [5.74, 6) is 0.324. The minimum absolute atomic E-state index is 0.0942. The molecule has 0 spiro atoms. The molecule has 0 aliphatic heterocycles. The van der Waals surface area contributed by atoms with Crippen molar-refractivity contribution < 1.29 is 9.53 Å². The maximum absolute atomic E-state index is 11.7. The van der Waals surface area contributed by atoms with Crippen LogP contribution in [0.5, 0.6) is 5.75 Å². The third-order valence-electron chi connectivity index (χ3n) is 3.21. The van der Waals surface area contributed by atoms with Gasteiger partial charge >= 0.3 is 0 Å². The summed E-state index contributed by atoms with van der Waals surface area (Å²) < 4.78 is 5.44. The molecule has 0 aliphatic carbocycles. The summed E-state index contributed by atoms with van der Waals surface area (Å²) in [6.45, 7) is 8.00. The lowest BCUT2D eigenvalue weighted by Gasteiger charge is -2.08. The second-order valence-corrected chi connectivity index (χ2v) is 6.28. The Hall–Kier alpha value is -2.07. The number of hydrogen-bond donors (Lipinski definition) is 1. The standard InChI is InChI=1S/C19H25ClN2O2/c1-14(2)6-5-7-15(3)10-11-21-22-19(23)13-24-18-9-8-17(20)12-16(18)4/h6,8-12H,5,7,13H2,1-4H3,(H,22,23). The number of carbonyl (C=O) groups excluding carboxylic acids is 1. The fourth-order valence-corrected chi connectivity index (χ4v) is 2.12. The van der Waals surface area contributed by atoms with Crippen LogP contribution in [-0.4, -0.2) is 18.7 Å². The summed E-state index contributed by atoms with van der Waals surface area (Å²) in [4.78, 5) is 11.7. The number of ether oxygens (including phenoxy) is 1. The van der Waals surface area contributed by atoms with Crippen LogP contribution in [0.1, 0.15) is 39.2 Å². The Morgan fingerprint density at radius 2 is 2.08 bits per heavy atom. The summed E-state index contributed by atoms with van der Waals surface area (Å²) in [6, 6.07) is 5.26. The van der Waals surface area contributed by atoms with E-state index in [4.69, 9.17) is 16.3 Å². The van der Waals surface area contributed by atoms with Gasteiger partial charge in [0.15, 0.2) is 6.61 Å². The van der Waals surface area contributed by atoms with Gasteiger partial charge in [0.25, 0.3) is 5.91 Å². The summed E-state index contributed by atoms with van der Waals surface area (Å²) in [5, 5.41) is 4.53. The van der Waals surface area contributed by atoms with Crippen molar-refractivity contribution in [2.24, 2.45) is 5.10 Å². The average molecular weight is 349 g/mol. The van der Waals surface area contributed by atoms with Gasteiger partial charge in [-0.1, -0.05) is 28.8 Å². The van der Waals surface area contributed by atoms with Crippen molar-refractivity contribution in [2.75, 3.05) is 6.61 Å². The van der Waals surface area contributed by atoms with Gasteiger partial charge in [-0.3, -0.25) is 4.79 Å². The van der Waals surface area contributed by atoms with E-state index in [1.165, 1.54) is 11.1 Å². The van der Waals surface area contributed by atoms with Crippen LogP contribution in [0.3, 0.4) is 0 Å². The number of hydrogen-bond acceptors (Lipinski definition) is 3. The SMILES string of the molecule is CC(C)=CCCC(C)=CC=NNC(=O)COc1ccc(Cl)cc1C. The third kappa shape index (κ3) is 8.53. The topological polar surface area (TPSA) is 50.7 Å². The number of nitrogens with one attached hydrogen (secondary N) is 1. The van der Waals surface area contributed by atoms with E-state index in [9.17, 15) is 4.79 Å². The van der Waals surface area contributed by atoms with Gasteiger partial charge in [0.05, 0.1) is 0 Å². The number of halogens is 1. The van der Waals surface area contributed by atoms with E-state index < -0.39 is 0 Å². The van der Waals surface area contributed by atoms with Crippen LogP contribution in [0, 0.1) is 6.92 Å². The Bertz CT molecular complexity index is 645. The lowest BCUT2D eigenvalue weighted by atomic mass is 10.1. The Labute approximate surface area is 149 Å². The summed E-state index contributed by atoms with van der Waals surface area (Å²) in [5.41, 5.74) is 5.85. The lowest BCUT2D eigenvalue weighted by Crippen LogP contribution is -2.24. The number of hydrazone groups is 1. The molecule has 0 saturated heterocycles. The second-order valence-electron chi connectivity index (χ2n) is 5.84. The van der Waals surface area contributed by atoms with Crippen molar-refractivity contribution in [3.8, 4) is 5.75 Å². The van der Waals surface area contributed by atoms with Crippen LogP contribution < -0.4 is 10.2 Å². The van der Waals surface area contributed by atoms with Crippen molar-refractivity contribution >= 4 is 23.7 Å². The van der Waals surface area contributed by atoms with E-state index in [1.54, 1.807) is 24.4 Å². The van der Waals surface area contributed by atoms with Gasteiger partial charge in [-0.25, -0.2) is 5.43 Å². The lowest BCUT2D eigenvalue weighted by molar-refractivity contribution is -0.123. The Balaban J connectivity index is 2.33. The molecule has 0 unspecified atom stereocenters. The Kier molecular flexibility index (Phi) is 8.87. The molecule has 5 heteroatoms. The van der Waals surface area contributed by atoms with Crippen LogP contribution >= 0.6 is 11.6 Å². The van der Waals surface area contributed by atoms with Gasteiger partial charge in [0.2, 0.25) is 0 Å². The van der Waals surface area contributed by atoms with Crippen molar-refractivity contribution in [2.45, 2.75) is 40.5 Å². The van der Waals surface area contributed by atoms with Gasteiger partial charge in [-0.15, -0.1) is 0 Å². The number of carbonyl (C=O) groups is 1. The largest absolute Gasteiger partial charge is 0.483 e. The fourth-order valence-electron chi connectivity index (χ4n) is 1.90. The molecule has 0 saturated carbocycles. The molecule has 0 fully saturated rings. The molecule has 24 heavy (non-hydrogen) atoms. The first-order valence-electron chi connectivity index (χ1n) is 7.88. The molecule has 1 amide bonds. The summed E-state index contributed by atoms with van der Waals surface area (Å²) in [6.07, 6.45) is 7.67. The van der Waals surface area contributed by atoms with Crippen LogP contribution in [0.2, 0.25) is 5.02 Å². The molecule has 1 rings (SSSR count). The number of amides is 1. The highest BCUT2D eigenvalue weighted by atomic mass is 35.5. The van der Waals surface area contributed by atoms with E-state index in [0.29, 0.717) is 10.8 Å². The molecular formula is C19H25ClN2O2. The number of aryl methyl sites for hydroxylation is 1. The quantitative estimate of drug-likeness (QED) is 0.416. The van der Waals surface area contributed by atoms with Crippen molar-refractivity contribution in [3.63, 3.8) is 0 Å². The molecule has 0 aromatic heterocycles. The fraction of sp³-hybridized carbons (Fsp3) is 0.368. The smallest absolute Gasteiger partial charge is 0.277 e. The van der Waals surface area contributed by atoms with Crippen LogP contribution in [0.25, 0.3) is 0 Å². The van der Waals surface area contributed by atoms with E-state index >= 15 is 0 Å². The van der Waals surface area contributed by atoms with E-state index in [2.05, 4.69) is 30.5 Å². The first-order chi connectivity index (χ1) is 11.4. The number of allylic oxidation sites excluding steroid dienone is 4. The van der Waals surface area contributed by atoms with Crippen LogP contribution in [0.15, 0.2) is 46.6 Å². The molecule has 0 atom stereocenters. The third-order valence-corrected chi connectivity index (χ3v) is 3.44. The molecule has 0 aliphatic rings. The predicted octanol–water partition coefficient (Wildman–Crippen LogP) is 4.82. The van der Waals surface area contributed by atoms with Gasteiger partial charge in [0, 0.05) is 11.2 Å². The number of rotatable bonds is 8. The predicted molar refractivity (Wildman–Crippen MR) is 101 cm³/mol. The highest BCUT2D eigenvalue weighted by molar-refractivity contribution is 6.30. The molecule has 0 heterocycles. The Morgan fingerprint density at radius 1 is 1.33 bits per heavy atom. The number of nitrogens with zero attached hydrogens (tertiary/aromatic N) is 1. The maximum Gasteiger partial charge on any atom is 0.277 e. The first-order valence-corrected chi connectivity index (χ1v) is 8.26. The molecule has 4 nitrogen and oxygen atoms in total. The van der Waals surface area contributed by atoms with Crippen LogP contribution in [0.4, 0.5) is 0 Å². The molecule has 0 bridgehead atoms. The molecule has 1 N–H and O–H groups in total. The van der Waals surface area contributed by atoms with Gasteiger partial charge in [-0.05, 0) is 70.4 Å². The van der Waals surface area contributed by atoms with Crippen molar-refractivity contribution in [1.82, 2.24) is 5.43 Å². The monoisotopic (exact) mass is 348 g/mol. The van der Waals surface area contributed by atoms with Gasteiger partial charge in [-0.2, -0.15) is 5.10 Å². The molecule has 0 radical (unpaired) electrons. The summed E-state index contributed by atoms with van der Waals surface area (Å²) >= 11 is 5.87. The van der Waals surface area contributed by atoms with Crippen LogP contribution in [-0.2, 0) is 4.79 Å². The Morgan fingerprint density at radius 3 is 2.75 bits per heavy atom. The molecular weight excluding hydrogens is 324 g/mol. The maximum atomic E-state index is 11.7. The minimum Gasteiger partial charge on any atom is -0.483 e. The molecule has 1 aromatic rings. The first kappa shape index (κ1) is 20.0. The van der Waals surface area contributed by atoms with E-state index in [-0.39, 0.29) is 12.5 Å². The van der Waals surface area contributed by atoms with Gasteiger partial charge in [0.1, 0.15) is 5.75 Å². The highest BCUT2D eigenvalue weighted by Gasteiger charge is 2.04. The zero-order chi connectivity index (χ0) is 17.9. The molecule has 130 valence electrons. The van der Waals surface area contributed by atoms with Crippen molar-refractivity contribution in [1.29, 1.82) is 0 Å². The number of benzene rings is 1. The zero-order valence-electron chi connectivity index (χ0n) is 14.7. The van der Waals surface area contributed by atoms with E-state index in [0.717, 1.165) is 18.4 Å². The van der Waals surface area contributed by atoms with E-state index in [1.807, 2.05) is 19.9 Å². The second kappa shape index (κ2) is 10.7. The normalized spacial score (nSPS) is 11.5. The average Bonchev–Trinajstić information content (AvgIpc) is 2.50. The van der Waals surface area contributed by atoms with Crippen molar-refractivity contribution in [3.05, 3.63) is 52.1 Å². The minimum atomic E-state index is -0.309. The zero-order valence-corrected chi connectivity index (χ0v) is 15.5. The highest BCUT2D eigenvalue weighted by Crippen LogP contribution is 2.21.